The van der Waals surface area contributed by atoms with Gasteiger partial charge in [-0.25, -0.2) is 15.0 Å². The number of nitrogens with zero attached hydrogens (tertiary/aromatic N) is 3. The fourth-order valence-corrected chi connectivity index (χ4v) is 2.19. The zero-order chi connectivity index (χ0) is 14.7. The predicted molar refractivity (Wildman–Crippen MR) is 83.3 cm³/mol. The SMILES string of the molecule is COC(C)c1cc2cnc(SC)nc2c(NC(C)C)n1. The molecular weight excluding hydrogens is 272 g/mol. The maximum atomic E-state index is 5.35. The van der Waals surface area contributed by atoms with Crippen molar-refractivity contribution in [1.29, 1.82) is 0 Å². The molecule has 0 spiro atoms. The van der Waals surface area contributed by atoms with Crippen LogP contribution in [-0.4, -0.2) is 34.4 Å². The highest BCUT2D eigenvalue weighted by molar-refractivity contribution is 7.98. The topological polar surface area (TPSA) is 59.9 Å². The van der Waals surface area contributed by atoms with Crippen molar-refractivity contribution in [3.05, 3.63) is 18.0 Å². The number of fused-ring (bicyclic) bond motifs is 1. The Morgan fingerprint density at radius 3 is 2.60 bits per heavy atom. The number of nitrogens with one attached hydrogen (secondary N) is 1. The van der Waals surface area contributed by atoms with Gasteiger partial charge in [-0.1, -0.05) is 11.8 Å². The van der Waals surface area contributed by atoms with Crippen LogP contribution in [0, 0.1) is 0 Å². The van der Waals surface area contributed by atoms with Gasteiger partial charge in [0, 0.05) is 24.7 Å². The maximum Gasteiger partial charge on any atom is 0.187 e. The minimum Gasteiger partial charge on any atom is -0.375 e. The summed E-state index contributed by atoms with van der Waals surface area (Å²) in [5.41, 5.74) is 1.73. The van der Waals surface area contributed by atoms with Crippen molar-refractivity contribution in [2.24, 2.45) is 0 Å². The van der Waals surface area contributed by atoms with Crippen molar-refractivity contribution < 1.29 is 4.74 Å². The molecule has 20 heavy (non-hydrogen) atoms. The van der Waals surface area contributed by atoms with E-state index >= 15 is 0 Å². The van der Waals surface area contributed by atoms with Crippen LogP contribution >= 0.6 is 11.8 Å². The Kier molecular flexibility index (Phi) is 4.77. The lowest BCUT2D eigenvalue weighted by atomic mass is 10.2. The average Bonchev–Trinajstić information content (AvgIpc) is 2.45. The number of methoxy groups -OCH3 is 1. The van der Waals surface area contributed by atoms with Gasteiger partial charge in [-0.2, -0.15) is 0 Å². The Morgan fingerprint density at radius 2 is 2.00 bits per heavy atom. The molecule has 2 heterocycles. The Bertz CT molecular complexity index is 603. The van der Waals surface area contributed by atoms with Gasteiger partial charge in [0.25, 0.3) is 0 Å². The third kappa shape index (κ3) is 3.19. The van der Waals surface area contributed by atoms with Crippen LogP contribution in [0.2, 0.25) is 0 Å². The zero-order valence-electron chi connectivity index (χ0n) is 12.5. The van der Waals surface area contributed by atoms with E-state index in [0.717, 1.165) is 27.6 Å². The number of aromatic nitrogens is 3. The van der Waals surface area contributed by atoms with Crippen molar-refractivity contribution in [2.75, 3.05) is 18.7 Å². The summed E-state index contributed by atoms with van der Waals surface area (Å²) in [7, 11) is 1.68. The van der Waals surface area contributed by atoms with Crippen molar-refractivity contribution in [3.63, 3.8) is 0 Å². The van der Waals surface area contributed by atoms with Crippen molar-refractivity contribution >= 4 is 28.5 Å². The second-order valence-corrected chi connectivity index (χ2v) is 5.64. The second-order valence-electron chi connectivity index (χ2n) is 4.87. The normalized spacial score (nSPS) is 12.9. The van der Waals surface area contributed by atoms with E-state index in [1.54, 1.807) is 7.11 Å². The summed E-state index contributed by atoms with van der Waals surface area (Å²) in [5.74, 6) is 0.786. The first-order valence-electron chi connectivity index (χ1n) is 6.56. The summed E-state index contributed by atoms with van der Waals surface area (Å²) in [5, 5.41) is 5.07. The highest BCUT2D eigenvalue weighted by Gasteiger charge is 2.13. The molecule has 6 heteroatoms. The molecular formula is C14H20N4OS. The van der Waals surface area contributed by atoms with E-state index < -0.39 is 0 Å². The van der Waals surface area contributed by atoms with Gasteiger partial charge in [0.1, 0.15) is 5.52 Å². The largest absolute Gasteiger partial charge is 0.375 e. The molecule has 1 unspecified atom stereocenters. The standard InChI is InChI=1S/C14H20N4OS/c1-8(2)16-13-12-10(7-15-14(18-12)20-5)6-11(17-13)9(3)19-4/h6-9H,1-5H3,(H,16,17). The number of hydrogen-bond acceptors (Lipinski definition) is 6. The number of ether oxygens (including phenoxy) is 1. The zero-order valence-corrected chi connectivity index (χ0v) is 13.3. The summed E-state index contributed by atoms with van der Waals surface area (Å²) >= 11 is 1.52. The van der Waals surface area contributed by atoms with Crippen LogP contribution < -0.4 is 5.32 Å². The molecule has 2 aromatic heterocycles. The predicted octanol–water partition coefficient (Wildman–Crippen LogP) is 3.27. The van der Waals surface area contributed by atoms with Gasteiger partial charge in [0.05, 0.1) is 11.8 Å². The summed E-state index contributed by atoms with van der Waals surface area (Å²) in [6.45, 7) is 6.14. The maximum absolute atomic E-state index is 5.35. The monoisotopic (exact) mass is 292 g/mol. The molecule has 1 atom stereocenters. The van der Waals surface area contributed by atoms with Crippen molar-refractivity contribution in [1.82, 2.24) is 15.0 Å². The van der Waals surface area contributed by atoms with Crippen LogP contribution in [0.25, 0.3) is 10.9 Å². The molecule has 0 fully saturated rings. The molecule has 0 amide bonds. The minimum atomic E-state index is -0.0626. The van der Waals surface area contributed by atoms with E-state index in [2.05, 4.69) is 34.1 Å². The van der Waals surface area contributed by atoms with Crippen LogP contribution in [0.15, 0.2) is 17.4 Å². The van der Waals surface area contributed by atoms with Gasteiger partial charge in [-0.3, -0.25) is 0 Å². The van der Waals surface area contributed by atoms with E-state index in [9.17, 15) is 0 Å². The summed E-state index contributed by atoms with van der Waals surface area (Å²) in [4.78, 5) is 13.5. The highest BCUT2D eigenvalue weighted by atomic mass is 32.2. The molecule has 2 rings (SSSR count). The first-order chi connectivity index (χ1) is 9.55. The van der Waals surface area contributed by atoms with Crippen LogP contribution in [-0.2, 0) is 4.74 Å². The molecule has 0 aromatic carbocycles. The van der Waals surface area contributed by atoms with Gasteiger partial charge >= 0.3 is 0 Å². The van der Waals surface area contributed by atoms with Gasteiger partial charge in [0.2, 0.25) is 0 Å². The van der Waals surface area contributed by atoms with Crippen LogP contribution in [0.3, 0.4) is 0 Å². The molecule has 2 aromatic rings. The summed E-state index contributed by atoms with van der Waals surface area (Å²) < 4.78 is 5.35. The molecule has 0 aliphatic carbocycles. The number of rotatable bonds is 5. The molecule has 0 aliphatic heterocycles. The molecule has 5 nitrogen and oxygen atoms in total. The second kappa shape index (κ2) is 6.37. The number of thioether (sulfide) groups is 1. The van der Waals surface area contributed by atoms with Crippen LogP contribution in [0.4, 0.5) is 5.82 Å². The lowest BCUT2D eigenvalue weighted by Gasteiger charge is -2.15. The van der Waals surface area contributed by atoms with Gasteiger partial charge in [0.15, 0.2) is 11.0 Å². The Balaban J connectivity index is 2.61. The molecule has 108 valence electrons. The van der Waals surface area contributed by atoms with E-state index in [-0.39, 0.29) is 12.1 Å². The molecule has 0 aliphatic rings. The molecule has 0 saturated heterocycles. The molecule has 1 N–H and O–H groups in total. The van der Waals surface area contributed by atoms with Crippen LogP contribution in [0.1, 0.15) is 32.6 Å². The van der Waals surface area contributed by atoms with Crippen LogP contribution in [0.5, 0.6) is 0 Å². The first kappa shape index (κ1) is 15.0. The quantitative estimate of drug-likeness (QED) is 0.674. The van der Waals surface area contributed by atoms with E-state index in [4.69, 9.17) is 4.74 Å². The average molecular weight is 292 g/mol. The third-order valence-electron chi connectivity index (χ3n) is 2.94. The highest BCUT2D eigenvalue weighted by Crippen LogP contribution is 2.26. The molecule has 0 bridgehead atoms. The summed E-state index contributed by atoms with van der Waals surface area (Å²) in [6, 6.07) is 2.27. The fraction of sp³-hybridized carbons (Fsp3) is 0.500. The Morgan fingerprint density at radius 1 is 1.25 bits per heavy atom. The van der Waals surface area contributed by atoms with E-state index in [0.29, 0.717) is 0 Å². The van der Waals surface area contributed by atoms with Gasteiger partial charge < -0.3 is 10.1 Å². The van der Waals surface area contributed by atoms with E-state index in [1.807, 2.05) is 25.4 Å². The van der Waals surface area contributed by atoms with Crippen molar-refractivity contribution in [3.8, 4) is 0 Å². The molecule has 0 saturated carbocycles. The van der Waals surface area contributed by atoms with E-state index in [1.165, 1.54) is 11.8 Å². The lowest BCUT2D eigenvalue weighted by Crippen LogP contribution is -2.13. The van der Waals surface area contributed by atoms with Crippen molar-refractivity contribution in [2.45, 2.75) is 38.1 Å². The number of pyridine rings is 1. The molecule has 0 radical (unpaired) electrons. The lowest BCUT2D eigenvalue weighted by molar-refractivity contribution is 0.116. The first-order valence-corrected chi connectivity index (χ1v) is 7.78. The minimum absolute atomic E-state index is 0.0626. The fourth-order valence-electron chi connectivity index (χ4n) is 1.85. The number of hydrogen-bond donors (Lipinski definition) is 1. The third-order valence-corrected chi connectivity index (χ3v) is 3.50. The van der Waals surface area contributed by atoms with Gasteiger partial charge in [-0.15, -0.1) is 0 Å². The summed E-state index contributed by atoms with van der Waals surface area (Å²) in [6.07, 6.45) is 3.74. The smallest absolute Gasteiger partial charge is 0.187 e. The van der Waals surface area contributed by atoms with Gasteiger partial charge in [-0.05, 0) is 33.1 Å². The Labute approximate surface area is 123 Å². The Hall–Kier alpha value is -1.40. The number of anilines is 1.